The lowest BCUT2D eigenvalue weighted by molar-refractivity contribution is -0.126. The molecule has 0 amide bonds. The zero-order valence-corrected chi connectivity index (χ0v) is 16.8. The van der Waals surface area contributed by atoms with Gasteiger partial charge in [0.15, 0.2) is 5.78 Å². The SMILES string of the molecule is CC(C)C(=O)COCCCOCCCOc1ccc(NC(C)(C)C)nc1. The van der Waals surface area contributed by atoms with Crippen LogP contribution in [-0.2, 0) is 14.3 Å². The molecule has 0 fully saturated rings. The molecule has 0 aliphatic heterocycles. The van der Waals surface area contributed by atoms with Gasteiger partial charge in [-0.15, -0.1) is 0 Å². The average Bonchev–Trinajstić information content (AvgIpc) is 2.56. The lowest BCUT2D eigenvalue weighted by Gasteiger charge is -2.21. The monoisotopic (exact) mass is 366 g/mol. The standard InChI is InChI=1S/C20H34N2O4/c1-16(2)18(23)15-25-12-6-10-24-11-7-13-26-17-8-9-19(21-14-17)22-20(3,4)5/h8-9,14,16H,6-7,10-13,15H2,1-5H3,(H,21,22). The maximum Gasteiger partial charge on any atom is 0.160 e. The highest BCUT2D eigenvalue weighted by atomic mass is 16.5. The van der Waals surface area contributed by atoms with Crippen LogP contribution in [0.2, 0.25) is 0 Å². The van der Waals surface area contributed by atoms with Crippen LogP contribution < -0.4 is 10.1 Å². The highest BCUT2D eigenvalue weighted by Crippen LogP contribution is 2.15. The molecule has 1 heterocycles. The predicted octanol–water partition coefficient (Wildman–Crippen LogP) is 3.71. The van der Waals surface area contributed by atoms with Gasteiger partial charge in [0.1, 0.15) is 18.2 Å². The van der Waals surface area contributed by atoms with E-state index in [9.17, 15) is 4.79 Å². The average molecular weight is 367 g/mol. The zero-order valence-electron chi connectivity index (χ0n) is 16.8. The number of rotatable bonds is 13. The van der Waals surface area contributed by atoms with E-state index in [2.05, 4.69) is 31.1 Å². The van der Waals surface area contributed by atoms with Gasteiger partial charge in [-0.3, -0.25) is 4.79 Å². The number of ether oxygens (including phenoxy) is 3. The Morgan fingerprint density at radius 3 is 2.31 bits per heavy atom. The summed E-state index contributed by atoms with van der Waals surface area (Å²) in [6, 6.07) is 3.83. The Bertz CT molecular complexity index is 510. The number of hydrogen-bond acceptors (Lipinski definition) is 6. The summed E-state index contributed by atoms with van der Waals surface area (Å²) >= 11 is 0. The molecule has 6 nitrogen and oxygen atoms in total. The summed E-state index contributed by atoms with van der Waals surface area (Å²) < 4.78 is 16.5. The van der Waals surface area contributed by atoms with Crippen molar-refractivity contribution in [2.45, 2.75) is 53.0 Å². The molecule has 0 aliphatic rings. The van der Waals surface area contributed by atoms with Crippen LogP contribution in [0, 0.1) is 5.92 Å². The van der Waals surface area contributed by atoms with Gasteiger partial charge < -0.3 is 19.5 Å². The molecule has 0 saturated carbocycles. The molecule has 0 aliphatic carbocycles. The third kappa shape index (κ3) is 11.1. The van der Waals surface area contributed by atoms with Crippen LogP contribution in [0.5, 0.6) is 5.75 Å². The summed E-state index contributed by atoms with van der Waals surface area (Å²) in [7, 11) is 0. The van der Waals surface area contributed by atoms with E-state index in [1.165, 1.54) is 0 Å². The van der Waals surface area contributed by atoms with Crippen molar-refractivity contribution in [3.8, 4) is 5.75 Å². The van der Waals surface area contributed by atoms with Gasteiger partial charge in [-0.2, -0.15) is 0 Å². The lowest BCUT2D eigenvalue weighted by atomic mass is 10.1. The van der Waals surface area contributed by atoms with Crippen molar-refractivity contribution in [1.29, 1.82) is 0 Å². The van der Waals surface area contributed by atoms with Crippen LogP contribution >= 0.6 is 0 Å². The minimum atomic E-state index is -0.0122. The highest BCUT2D eigenvalue weighted by Gasteiger charge is 2.09. The fourth-order valence-corrected chi connectivity index (χ4v) is 1.98. The highest BCUT2D eigenvalue weighted by molar-refractivity contribution is 5.81. The minimum Gasteiger partial charge on any atom is -0.492 e. The van der Waals surface area contributed by atoms with Gasteiger partial charge in [-0.1, -0.05) is 13.8 Å². The summed E-state index contributed by atoms with van der Waals surface area (Å²) in [5.41, 5.74) is -0.0122. The molecule has 1 aromatic heterocycles. The molecule has 0 bridgehead atoms. The first-order valence-corrected chi connectivity index (χ1v) is 9.33. The molecule has 0 aromatic carbocycles. The van der Waals surface area contributed by atoms with Crippen molar-refractivity contribution < 1.29 is 19.0 Å². The topological polar surface area (TPSA) is 69.7 Å². The number of carbonyl (C=O) groups excluding carboxylic acids is 1. The first-order chi connectivity index (χ1) is 12.3. The maximum atomic E-state index is 11.4. The second-order valence-corrected chi connectivity index (χ2v) is 7.60. The Labute approximate surface area is 157 Å². The molecular formula is C20H34N2O4. The number of Topliss-reactive ketones (excluding diaryl/α,β-unsaturated/α-hetero) is 1. The molecule has 6 heteroatoms. The van der Waals surface area contributed by atoms with Gasteiger partial charge in [0, 0.05) is 37.7 Å². The number of aromatic nitrogens is 1. The molecule has 0 spiro atoms. The summed E-state index contributed by atoms with van der Waals surface area (Å²) in [6.45, 7) is 12.6. The molecule has 1 aromatic rings. The van der Waals surface area contributed by atoms with E-state index < -0.39 is 0 Å². The van der Waals surface area contributed by atoms with Gasteiger partial charge in [0.2, 0.25) is 0 Å². The van der Waals surface area contributed by atoms with E-state index in [0.717, 1.165) is 24.4 Å². The summed E-state index contributed by atoms with van der Waals surface area (Å²) in [6.07, 6.45) is 3.33. The molecule has 1 rings (SSSR count). The second kappa shape index (κ2) is 11.9. The predicted molar refractivity (Wildman–Crippen MR) is 104 cm³/mol. The van der Waals surface area contributed by atoms with E-state index >= 15 is 0 Å². The van der Waals surface area contributed by atoms with E-state index in [-0.39, 0.29) is 23.8 Å². The fourth-order valence-electron chi connectivity index (χ4n) is 1.98. The number of carbonyl (C=O) groups is 1. The van der Waals surface area contributed by atoms with E-state index in [1.807, 2.05) is 26.0 Å². The van der Waals surface area contributed by atoms with Crippen LogP contribution in [0.15, 0.2) is 18.3 Å². The Hall–Kier alpha value is -1.66. The summed E-state index contributed by atoms with van der Waals surface area (Å²) in [5, 5.41) is 3.31. The van der Waals surface area contributed by atoms with Gasteiger partial charge in [-0.25, -0.2) is 4.98 Å². The Morgan fingerprint density at radius 2 is 1.73 bits per heavy atom. The van der Waals surface area contributed by atoms with Crippen LogP contribution in [-0.4, -0.2) is 49.3 Å². The molecule has 0 atom stereocenters. The summed E-state index contributed by atoms with van der Waals surface area (Å²) in [4.78, 5) is 15.7. The Kier molecular flexibility index (Phi) is 10.2. The third-order valence-electron chi connectivity index (χ3n) is 3.41. The lowest BCUT2D eigenvalue weighted by Crippen LogP contribution is -2.26. The largest absolute Gasteiger partial charge is 0.492 e. The molecule has 0 radical (unpaired) electrons. The van der Waals surface area contributed by atoms with Crippen molar-refractivity contribution in [2.24, 2.45) is 5.92 Å². The molecule has 1 N–H and O–H groups in total. The van der Waals surface area contributed by atoms with Gasteiger partial charge in [0.05, 0.1) is 12.8 Å². The Balaban J connectivity index is 2.00. The van der Waals surface area contributed by atoms with Gasteiger partial charge in [0.25, 0.3) is 0 Å². The summed E-state index contributed by atoms with van der Waals surface area (Å²) in [5.74, 6) is 1.77. The van der Waals surface area contributed by atoms with E-state index in [4.69, 9.17) is 14.2 Å². The number of nitrogens with one attached hydrogen (secondary N) is 1. The van der Waals surface area contributed by atoms with E-state index in [0.29, 0.717) is 26.4 Å². The van der Waals surface area contributed by atoms with E-state index in [1.54, 1.807) is 6.20 Å². The molecule has 0 unspecified atom stereocenters. The van der Waals surface area contributed by atoms with Gasteiger partial charge in [-0.05, 0) is 39.3 Å². The van der Waals surface area contributed by atoms with Crippen LogP contribution in [0.25, 0.3) is 0 Å². The van der Waals surface area contributed by atoms with Crippen molar-refractivity contribution in [3.63, 3.8) is 0 Å². The second-order valence-electron chi connectivity index (χ2n) is 7.60. The first-order valence-electron chi connectivity index (χ1n) is 9.33. The smallest absolute Gasteiger partial charge is 0.160 e. The third-order valence-corrected chi connectivity index (χ3v) is 3.41. The number of hydrogen-bond donors (Lipinski definition) is 1. The Morgan fingerprint density at radius 1 is 1.08 bits per heavy atom. The van der Waals surface area contributed by atoms with Crippen molar-refractivity contribution >= 4 is 11.6 Å². The maximum absolute atomic E-state index is 11.4. The van der Waals surface area contributed by atoms with Crippen LogP contribution in [0.3, 0.4) is 0 Å². The quantitative estimate of drug-likeness (QED) is 0.537. The fraction of sp³-hybridized carbons (Fsp3) is 0.700. The van der Waals surface area contributed by atoms with Crippen molar-refractivity contribution in [1.82, 2.24) is 4.98 Å². The van der Waals surface area contributed by atoms with Crippen molar-refractivity contribution in [2.75, 3.05) is 38.4 Å². The van der Waals surface area contributed by atoms with Crippen LogP contribution in [0.1, 0.15) is 47.5 Å². The normalized spacial score (nSPS) is 11.6. The molecule has 0 saturated heterocycles. The minimum absolute atomic E-state index is 0.0122. The molecule has 26 heavy (non-hydrogen) atoms. The van der Waals surface area contributed by atoms with Gasteiger partial charge >= 0.3 is 0 Å². The molecular weight excluding hydrogens is 332 g/mol. The number of ketones is 1. The molecule has 148 valence electrons. The van der Waals surface area contributed by atoms with Crippen LogP contribution in [0.4, 0.5) is 5.82 Å². The number of anilines is 1. The zero-order chi connectivity index (χ0) is 19.4. The van der Waals surface area contributed by atoms with Crippen molar-refractivity contribution in [3.05, 3.63) is 18.3 Å². The number of pyridine rings is 1. The first kappa shape index (κ1) is 22.4. The number of nitrogens with zero attached hydrogens (tertiary/aromatic N) is 1.